The van der Waals surface area contributed by atoms with Gasteiger partial charge in [0.15, 0.2) is 0 Å². The summed E-state index contributed by atoms with van der Waals surface area (Å²) < 4.78 is 120. The van der Waals surface area contributed by atoms with Crippen LogP contribution in [0.5, 0.6) is 5.75 Å². The van der Waals surface area contributed by atoms with Gasteiger partial charge in [-0.3, -0.25) is 9.35 Å². The highest BCUT2D eigenvalue weighted by molar-refractivity contribution is 7.85. The van der Waals surface area contributed by atoms with Gasteiger partial charge in [-0.05, 0) is 30.5 Å². The highest BCUT2D eigenvalue weighted by atomic mass is 32.2. The van der Waals surface area contributed by atoms with E-state index in [4.69, 9.17) is 9.29 Å². The zero-order valence-electron chi connectivity index (χ0n) is 17.8. The molecule has 34 heavy (non-hydrogen) atoms. The predicted octanol–water partition coefficient (Wildman–Crippen LogP) is 3.21. The zero-order valence-corrected chi connectivity index (χ0v) is 18.6. The maximum atomic E-state index is 13.4. The lowest BCUT2D eigenvalue weighted by molar-refractivity contribution is -0.356. The van der Waals surface area contributed by atoms with E-state index in [1.54, 1.807) is 7.85 Å². The number of esters is 2. The molecule has 0 amide bonds. The smallest absolute Gasteiger partial charge is 0.435 e. The van der Waals surface area contributed by atoms with E-state index in [1.807, 2.05) is 0 Å². The Balaban J connectivity index is 2.42. The van der Waals surface area contributed by atoms with Crippen molar-refractivity contribution < 1.29 is 58.4 Å². The summed E-state index contributed by atoms with van der Waals surface area (Å²) in [6.07, 6.45) is -9.02. The van der Waals surface area contributed by atoms with Crippen LogP contribution in [0.4, 0.5) is 26.3 Å². The van der Waals surface area contributed by atoms with E-state index in [-0.39, 0.29) is 12.1 Å². The van der Waals surface area contributed by atoms with Crippen LogP contribution in [0.2, 0.25) is 0 Å². The molecule has 0 atom stereocenters. The number of ether oxygens (including phenoxy) is 2. The number of carbonyl (C=O) groups is 2. The number of hydrogen-bond acceptors (Lipinski definition) is 6. The molecule has 1 saturated carbocycles. The van der Waals surface area contributed by atoms with Crippen molar-refractivity contribution in [3.05, 3.63) is 29.3 Å². The van der Waals surface area contributed by atoms with Crippen LogP contribution in [-0.2, 0) is 26.0 Å². The standard InChI is InChI=1S/C19H21BF6O7S/c20-9-13-7-6-12(8-14(13)32-15(27)11-4-2-1-3-5-11)16(28)33-17(18(21,22)23,19(24,25)26)10-34(29,30)31/h6-8,11H,1-5,9-10,20H2,(H,29,30,31). The average Bonchev–Trinajstić information content (AvgIpc) is 2.71. The van der Waals surface area contributed by atoms with Crippen molar-refractivity contribution >= 4 is 29.9 Å². The SMILES string of the molecule is BCc1ccc(C(=O)OC(CS(=O)(=O)O)(C(F)(F)F)C(F)(F)F)cc1OC(=O)C1CCCCC1. The van der Waals surface area contributed by atoms with Crippen molar-refractivity contribution in [3.8, 4) is 5.75 Å². The van der Waals surface area contributed by atoms with Crippen LogP contribution in [0.3, 0.4) is 0 Å². The quantitative estimate of drug-likeness (QED) is 0.194. The molecule has 1 aliphatic rings. The lowest BCUT2D eigenvalue weighted by Crippen LogP contribution is -2.63. The van der Waals surface area contributed by atoms with Crippen molar-refractivity contribution in [1.29, 1.82) is 0 Å². The minimum atomic E-state index is -6.45. The van der Waals surface area contributed by atoms with Gasteiger partial charge in [-0.15, -0.1) is 0 Å². The molecule has 0 radical (unpaired) electrons. The first kappa shape index (κ1) is 28.0. The molecule has 0 unspecified atom stereocenters. The number of benzene rings is 1. The molecular weight excluding hydrogens is 497 g/mol. The highest BCUT2D eigenvalue weighted by Crippen LogP contribution is 2.47. The third-order valence-corrected chi connectivity index (χ3v) is 6.17. The summed E-state index contributed by atoms with van der Waals surface area (Å²) in [6, 6.07) is 2.77. The summed E-state index contributed by atoms with van der Waals surface area (Å²) in [5, 5.41) is 0. The maximum Gasteiger partial charge on any atom is 0.438 e. The van der Waals surface area contributed by atoms with Gasteiger partial charge in [0.2, 0.25) is 0 Å². The summed E-state index contributed by atoms with van der Waals surface area (Å²) >= 11 is 0. The molecule has 1 aromatic rings. The number of carbonyl (C=O) groups excluding carboxylic acids is 2. The van der Waals surface area contributed by atoms with Gasteiger partial charge in [0.05, 0.1) is 11.5 Å². The largest absolute Gasteiger partial charge is 0.438 e. The van der Waals surface area contributed by atoms with Crippen LogP contribution in [0.25, 0.3) is 0 Å². The molecule has 0 bridgehead atoms. The fourth-order valence-electron chi connectivity index (χ4n) is 3.54. The Hall–Kier alpha value is -2.29. The summed E-state index contributed by atoms with van der Waals surface area (Å²) in [6.45, 7) is 0. The van der Waals surface area contributed by atoms with Gasteiger partial charge in [-0.1, -0.05) is 31.6 Å². The topological polar surface area (TPSA) is 107 Å². The molecule has 0 spiro atoms. The van der Waals surface area contributed by atoms with E-state index in [9.17, 15) is 44.3 Å². The van der Waals surface area contributed by atoms with Crippen molar-refractivity contribution in [2.45, 2.75) is 56.4 Å². The lowest BCUT2D eigenvalue weighted by atomic mass is 9.89. The molecule has 0 aliphatic heterocycles. The molecule has 1 N–H and O–H groups in total. The molecule has 1 fully saturated rings. The highest BCUT2D eigenvalue weighted by Gasteiger charge is 2.76. The predicted molar refractivity (Wildman–Crippen MR) is 108 cm³/mol. The van der Waals surface area contributed by atoms with Gasteiger partial charge in [-0.2, -0.15) is 34.8 Å². The molecule has 0 aromatic heterocycles. The number of rotatable bonds is 7. The van der Waals surface area contributed by atoms with Crippen LogP contribution in [0, 0.1) is 5.92 Å². The number of halogens is 6. The molecule has 1 aliphatic carbocycles. The third kappa shape index (κ3) is 6.43. The molecule has 2 rings (SSSR count). The van der Waals surface area contributed by atoms with Crippen molar-refractivity contribution in [3.63, 3.8) is 0 Å². The second-order valence-corrected chi connectivity index (χ2v) is 9.32. The van der Waals surface area contributed by atoms with Crippen LogP contribution in [0.1, 0.15) is 48.0 Å². The average molecular weight is 518 g/mol. The molecule has 0 saturated heterocycles. The first-order chi connectivity index (χ1) is 15.5. The van der Waals surface area contributed by atoms with E-state index in [2.05, 4.69) is 4.74 Å². The van der Waals surface area contributed by atoms with Gasteiger partial charge in [0, 0.05) is 0 Å². The van der Waals surface area contributed by atoms with Gasteiger partial charge < -0.3 is 9.47 Å². The molecule has 7 nitrogen and oxygen atoms in total. The molecule has 190 valence electrons. The van der Waals surface area contributed by atoms with Gasteiger partial charge >= 0.3 is 29.9 Å². The Kier molecular flexibility index (Phi) is 8.34. The maximum absolute atomic E-state index is 13.4. The normalized spacial score (nSPS) is 16.2. The van der Waals surface area contributed by atoms with E-state index in [0.717, 1.165) is 37.5 Å². The zero-order chi connectivity index (χ0) is 25.9. The van der Waals surface area contributed by atoms with E-state index in [1.165, 1.54) is 0 Å². The Labute approximate surface area is 191 Å². The van der Waals surface area contributed by atoms with Gasteiger partial charge in [0.1, 0.15) is 19.3 Å². The Bertz CT molecular complexity index is 1000. The summed E-state index contributed by atoms with van der Waals surface area (Å²) in [5.74, 6) is -6.50. The second-order valence-electron chi connectivity index (χ2n) is 7.87. The van der Waals surface area contributed by atoms with E-state index >= 15 is 0 Å². The lowest BCUT2D eigenvalue weighted by Gasteiger charge is -2.35. The van der Waals surface area contributed by atoms with Crippen molar-refractivity contribution in [2.24, 2.45) is 5.92 Å². The molecule has 15 heteroatoms. The first-order valence-electron chi connectivity index (χ1n) is 10.2. The minimum absolute atomic E-state index is 0.244. The van der Waals surface area contributed by atoms with Gasteiger partial charge in [-0.25, -0.2) is 4.79 Å². The summed E-state index contributed by atoms with van der Waals surface area (Å²) in [4.78, 5) is 24.8. The Morgan fingerprint density at radius 2 is 1.59 bits per heavy atom. The third-order valence-electron chi connectivity index (χ3n) is 5.40. The minimum Gasteiger partial charge on any atom is -0.435 e. The van der Waals surface area contributed by atoms with Crippen LogP contribution < -0.4 is 4.74 Å². The Morgan fingerprint density at radius 3 is 2.06 bits per heavy atom. The van der Waals surface area contributed by atoms with Crippen LogP contribution >= 0.6 is 0 Å². The molecule has 0 heterocycles. The number of hydrogen-bond donors (Lipinski definition) is 1. The monoisotopic (exact) mass is 518 g/mol. The summed E-state index contributed by atoms with van der Waals surface area (Å²) in [7, 11) is -4.28. The fourth-order valence-corrected chi connectivity index (χ4v) is 4.44. The first-order valence-corrected chi connectivity index (χ1v) is 11.8. The Morgan fingerprint density at radius 1 is 1.03 bits per heavy atom. The molecular formula is C19H21BF6O7S. The second kappa shape index (κ2) is 10.1. The van der Waals surface area contributed by atoms with Crippen molar-refractivity contribution in [1.82, 2.24) is 0 Å². The van der Waals surface area contributed by atoms with Gasteiger partial charge in [0.25, 0.3) is 10.1 Å². The van der Waals surface area contributed by atoms with Crippen LogP contribution in [0.15, 0.2) is 18.2 Å². The van der Waals surface area contributed by atoms with Crippen molar-refractivity contribution in [2.75, 3.05) is 5.75 Å². The summed E-state index contributed by atoms with van der Waals surface area (Å²) in [5.41, 5.74) is -6.04. The number of alkyl halides is 6. The molecule has 1 aromatic carbocycles. The van der Waals surface area contributed by atoms with E-state index in [0.29, 0.717) is 18.4 Å². The van der Waals surface area contributed by atoms with E-state index < -0.39 is 57.2 Å². The fraction of sp³-hybridized carbons (Fsp3) is 0.579. The van der Waals surface area contributed by atoms with Crippen LogP contribution in [-0.4, -0.2) is 56.5 Å².